The predicted molar refractivity (Wildman–Crippen MR) is 87.9 cm³/mol. The summed E-state index contributed by atoms with van der Waals surface area (Å²) in [6.45, 7) is 1.66. The quantitative estimate of drug-likeness (QED) is 0.921. The summed E-state index contributed by atoms with van der Waals surface area (Å²) in [5.74, 6) is 0.106. The Morgan fingerprint density at radius 1 is 1.32 bits per heavy atom. The van der Waals surface area contributed by atoms with Gasteiger partial charge in [-0.2, -0.15) is 13.2 Å². The highest BCUT2D eigenvalue weighted by molar-refractivity contribution is 5.81. The smallest absolute Gasteiger partial charge is 0.327 e. The number of halogens is 3. The van der Waals surface area contributed by atoms with Gasteiger partial charge in [-0.3, -0.25) is 4.79 Å². The number of hydrogen-bond donors (Lipinski definition) is 1. The molecule has 2 atom stereocenters. The zero-order chi connectivity index (χ0) is 18.2. The van der Waals surface area contributed by atoms with Crippen molar-refractivity contribution in [2.75, 3.05) is 6.54 Å². The number of piperidine rings is 1. The van der Waals surface area contributed by atoms with E-state index < -0.39 is 24.2 Å². The fourth-order valence-electron chi connectivity index (χ4n) is 3.41. The highest BCUT2D eigenvalue weighted by atomic mass is 19.4. The standard InChI is InChI=1S/C17H21F3N4O/c1-2-15-22-12-5-3-4-6-13(12)23(15)10-16(25)24-9-11(21)7-8-14(24)17(18,19)20/h3-6,11,14H,2,7-10,21H2,1H3/t11-,14+/m1/s1. The van der Waals surface area contributed by atoms with E-state index in [1.165, 1.54) is 0 Å². The van der Waals surface area contributed by atoms with Gasteiger partial charge < -0.3 is 15.2 Å². The average molecular weight is 354 g/mol. The number of nitrogens with two attached hydrogens (primary N) is 1. The molecule has 2 N–H and O–H groups in total. The van der Waals surface area contributed by atoms with Crippen molar-refractivity contribution < 1.29 is 18.0 Å². The molecule has 136 valence electrons. The summed E-state index contributed by atoms with van der Waals surface area (Å²) >= 11 is 0. The molecule has 8 heteroatoms. The molecule has 25 heavy (non-hydrogen) atoms. The summed E-state index contributed by atoms with van der Waals surface area (Å²) in [7, 11) is 0. The van der Waals surface area contributed by atoms with Gasteiger partial charge in [0.05, 0.1) is 11.0 Å². The molecule has 1 aromatic heterocycles. The molecule has 0 spiro atoms. The molecule has 1 aromatic carbocycles. The van der Waals surface area contributed by atoms with Crippen LogP contribution in [0.4, 0.5) is 13.2 Å². The molecular weight excluding hydrogens is 333 g/mol. The van der Waals surface area contributed by atoms with Crippen molar-refractivity contribution in [1.82, 2.24) is 14.5 Å². The number of para-hydroxylation sites is 2. The lowest BCUT2D eigenvalue weighted by atomic mass is 9.98. The van der Waals surface area contributed by atoms with Gasteiger partial charge in [0, 0.05) is 19.0 Å². The number of carbonyl (C=O) groups is 1. The van der Waals surface area contributed by atoms with Crippen LogP contribution in [-0.4, -0.2) is 45.2 Å². The van der Waals surface area contributed by atoms with Crippen LogP contribution >= 0.6 is 0 Å². The van der Waals surface area contributed by atoms with Crippen LogP contribution in [0.5, 0.6) is 0 Å². The van der Waals surface area contributed by atoms with Crippen LogP contribution in [0.2, 0.25) is 0 Å². The molecule has 5 nitrogen and oxygen atoms in total. The maximum Gasteiger partial charge on any atom is 0.408 e. The first-order valence-corrected chi connectivity index (χ1v) is 8.37. The number of amides is 1. The molecule has 1 aliphatic heterocycles. The maximum absolute atomic E-state index is 13.3. The second-order valence-electron chi connectivity index (χ2n) is 6.40. The fraction of sp³-hybridized carbons (Fsp3) is 0.529. The fourth-order valence-corrected chi connectivity index (χ4v) is 3.41. The van der Waals surface area contributed by atoms with Gasteiger partial charge in [0.2, 0.25) is 5.91 Å². The molecule has 0 radical (unpaired) electrons. The minimum Gasteiger partial charge on any atom is -0.327 e. The van der Waals surface area contributed by atoms with Gasteiger partial charge in [-0.15, -0.1) is 0 Å². The summed E-state index contributed by atoms with van der Waals surface area (Å²) in [5.41, 5.74) is 7.29. The Hall–Kier alpha value is -2.09. The number of carbonyl (C=O) groups excluding carboxylic acids is 1. The van der Waals surface area contributed by atoms with Crippen LogP contribution in [0.25, 0.3) is 11.0 Å². The number of imidazole rings is 1. The number of alkyl halides is 3. The number of benzene rings is 1. The Bertz CT molecular complexity index is 771. The molecule has 2 aromatic rings. The summed E-state index contributed by atoms with van der Waals surface area (Å²) < 4.78 is 41.6. The zero-order valence-electron chi connectivity index (χ0n) is 14.0. The third kappa shape index (κ3) is 3.49. The van der Waals surface area contributed by atoms with E-state index in [2.05, 4.69) is 4.98 Å². The number of aryl methyl sites for hydroxylation is 1. The van der Waals surface area contributed by atoms with Crippen LogP contribution in [0.1, 0.15) is 25.6 Å². The molecular formula is C17H21F3N4O. The van der Waals surface area contributed by atoms with Crippen molar-refractivity contribution in [3.63, 3.8) is 0 Å². The Labute approximate surface area is 143 Å². The largest absolute Gasteiger partial charge is 0.408 e. The van der Waals surface area contributed by atoms with Crippen LogP contribution < -0.4 is 5.73 Å². The Kier molecular flexibility index (Phi) is 4.73. The molecule has 1 saturated heterocycles. The second kappa shape index (κ2) is 6.67. The topological polar surface area (TPSA) is 64.2 Å². The van der Waals surface area contributed by atoms with Gasteiger partial charge in [-0.25, -0.2) is 4.98 Å². The molecule has 1 fully saturated rings. The normalized spacial score (nSPS) is 21.7. The Balaban J connectivity index is 1.90. The van der Waals surface area contributed by atoms with Gasteiger partial charge >= 0.3 is 6.18 Å². The van der Waals surface area contributed by atoms with Crippen LogP contribution in [0.15, 0.2) is 24.3 Å². The average Bonchev–Trinajstić information content (AvgIpc) is 2.91. The van der Waals surface area contributed by atoms with E-state index in [9.17, 15) is 18.0 Å². The summed E-state index contributed by atoms with van der Waals surface area (Å²) in [4.78, 5) is 18.1. The number of nitrogens with zero attached hydrogens (tertiary/aromatic N) is 3. The molecule has 3 rings (SSSR count). The molecule has 2 heterocycles. The minimum absolute atomic E-state index is 0.0723. The first-order valence-electron chi connectivity index (χ1n) is 8.37. The molecule has 1 amide bonds. The lowest BCUT2D eigenvalue weighted by Gasteiger charge is -2.39. The maximum atomic E-state index is 13.3. The summed E-state index contributed by atoms with van der Waals surface area (Å²) in [6, 6.07) is 5.11. The number of rotatable bonds is 3. The van der Waals surface area contributed by atoms with Crippen molar-refractivity contribution in [3.8, 4) is 0 Å². The van der Waals surface area contributed by atoms with Gasteiger partial charge in [0.15, 0.2) is 0 Å². The SMILES string of the molecule is CCc1nc2ccccc2n1CC(=O)N1C[C@H](N)CC[C@H]1C(F)(F)F. The van der Waals surface area contributed by atoms with Crippen LogP contribution in [0, 0.1) is 0 Å². The molecule has 0 saturated carbocycles. The summed E-state index contributed by atoms with van der Waals surface area (Å²) in [5, 5.41) is 0. The van der Waals surface area contributed by atoms with Gasteiger partial charge in [-0.1, -0.05) is 19.1 Å². The number of aromatic nitrogens is 2. The van der Waals surface area contributed by atoms with Crippen molar-refractivity contribution in [3.05, 3.63) is 30.1 Å². The third-order valence-corrected chi connectivity index (χ3v) is 4.66. The zero-order valence-corrected chi connectivity index (χ0v) is 14.0. The van der Waals surface area contributed by atoms with Gasteiger partial charge in [0.1, 0.15) is 18.4 Å². The Morgan fingerprint density at radius 2 is 2.04 bits per heavy atom. The highest BCUT2D eigenvalue weighted by Gasteiger charge is 2.47. The summed E-state index contributed by atoms with van der Waals surface area (Å²) in [6.07, 6.45) is -3.74. The number of fused-ring (bicyclic) bond motifs is 1. The van der Waals surface area contributed by atoms with Crippen LogP contribution in [0.3, 0.4) is 0 Å². The van der Waals surface area contributed by atoms with E-state index in [-0.39, 0.29) is 25.9 Å². The van der Waals surface area contributed by atoms with Crippen molar-refractivity contribution in [2.45, 2.75) is 51.0 Å². The third-order valence-electron chi connectivity index (χ3n) is 4.66. The molecule has 0 aliphatic carbocycles. The molecule has 1 aliphatic rings. The molecule has 0 bridgehead atoms. The van der Waals surface area contributed by atoms with E-state index in [4.69, 9.17) is 5.73 Å². The van der Waals surface area contributed by atoms with Crippen LogP contribution in [-0.2, 0) is 17.8 Å². The van der Waals surface area contributed by atoms with E-state index in [1.807, 2.05) is 31.2 Å². The van der Waals surface area contributed by atoms with Gasteiger partial charge in [-0.05, 0) is 25.0 Å². The highest BCUT2D eigenvalue weighted by Crippen LogP contribution is 2.32. The minimum atomic E-state index is -4.44. The van der Waals surface area contributed by atoms with E-state index in [1.54, 1.807) is 4.57 Å². The first-order chi connectivity index (χ1) is 11.8. The van der Waals surface area contributed by atoms with Crippen molar-refractivity contribution in [1.29, 1.82) is 0 Å². The number of hydrogen-bond acceptors (Lipinski definition) is 3. The van der Waals surface area contributed by atoms with E-state index in [0.717, 1.165) is 15.9 Å². The lowest BCUT2D eigenvalue weighted by Crippen LogP contribution is -2.57. The van der Waals surface area contributed by atoms with Gasteiger partial charge in [0.25, 0.3) is 0 Å². The van der Waals surface area contributed by atoms with E-state index >= 15 is 0 Å². The van der Waals surface area contributed by atoms with Crippen molar-refractivity contribution in [2.24, 2.45) is 5.73 Å². The van der Waals surface area contributed by atoms with Crippen molar-refractivity contribution >= 4 is 16.9 Å². The monoisotopic (exact) mass is 354 g/mol. The van der Waals surface area contributed by atoms with E-state index in [0.29, 0.717) is 12.2 Å². The Morgan fingerprint density at radius 3 is 2.72 bits per heavy atom. The first kappa shape index (κ1) is 17.7. The second-order valence-corrected chi connectivity index (χ2v) is 6.40. The molecule has 0 unspecified atom stereocenters. The predicted octanol–water partition coefficient (Wildman–Crippen LogP) is 2.48. The lowest BCUT2D eigenvalue weighted by molar-refractivity contribution is -0.197. The number of likely N-dealkylation sites (tertiary alicyclic amines) is 1.